The van der Waals surface area contributed by atoms with Gasteiger partial charge in [-0.25, -0.2) is 0 Å². The molecule has 0 radical (unpaired) electrons. The maximum atomic E-state index is 12.0. The first-order valence-electron chi connectivity index (χ1n) is 7.12. The van der Waals surface area contributed by atoms with Crippen molar-refractivity contribution in [1.29, 1.82) is 0 Å². The van der Waals surface area contributed by atoms with E-state index < -0.39 is 0 Å². The highest BCUT2D eigenvalue weighted by atomic mass is 16.1. The zero-order valence-corrected chi connectivity index (χ0v) is 11.6. The molecule has 4 heteroatoms. The summed E-state index contributed by atoms with van der Waals surface area (Å²) in [6.45, 7) is 2.70. The van der Waals surface area contributed by atoms with Gasteiger partial charge in [0.2, 0.25) is 5.91 Å². The fourth-order valence-corrected chi connectivity index (χ4v) is 2.24. The van der Waals surface area contributed by atoms with Gasteiger partial charge in [-0.2, -0.15) is 0 Å². The van der Waals surface area contributed by atoms with Crippen LogP contribution in [0.2, 0.25) is 0 Å². The number of amides is 1. The molecule has 4 nitrogen and oxygen atoms in total. The van der Waals surface area contributed by atoms with Gasteiger partial charge < -0.3 is 10.6 Å². The van der Waals surface area contributed by atoms with E-state index in [0.717, 1.165) is 28.8 Å². The fourth-order valence-electron chi connectivity index (χ4n) is 2.24. The molecule has 1 heterocycles. The molecule has 0 saturated heterocycles. The zero-order chi connectivity index (χ0) is 13.9. The van der Waals surface area contributed by atoms with Crippen molar-refractivity contribution in [2.24, 2.45) is 0 Å². The summed E-state index contributed by atoms with van der Waals surface area (Å²) in [4.78, 5) is 16.5. The summed E-state index contributed by atoms with van der Waals surface area (Å²) in [5, 5.41) is 7.35. The number of fused-ring (bicyclic) bond motifs is 1. The Morgan fingerprint density at radius 3 is 2.95 bits per heavy atom. The zero-order valence-electron chi connectivity index (χ0n) is 11.6. The van der Waals surface area contributed by atoms with Gasteiger partial charge in [-0.15, -0.1) is 0 Å². The van der Waals surface area contributed by atoms with Crippen LogP contribution in [0.15, 0.2) is 30.3 Å². The molecule has 1 amide bonds. The van der Waals surface area contributed by atoms with Crippen molar-refractivity contribution in [3.8, 4) is 0 Å². The summed E-state index contributed by atoms with van der Waals surface area (Å²) < 4.78 is 0. The lowest BCUT2D eigenvalue weighted by atomic mass is 10.1. The van der Waals surface area contributed by atoms with Gasteiger partial charge in [0, 0.05) is 30.1 Å². The van der Waals surface area contributed by atoms with Crippen molar-refractivity contribution in [3.05, 3.63) is 36.0 Å². The monoisotopic (exact) mass is 269 g/mol. The molecule has 1 aromatic heterocycles. The van der Waals surface area contributed by atoms with Gasteiger partial charge in [0.25, 0.3) is 0 Å². The Kier molecular flexibility index (Phi) is 3.65. The van der Waals surface area contributed by atoms with Crippen molar-refractivity contribution >= 4 is 22.5 Å². The van der Waals surface area contributed by atoms with Crippen molar-refractivity contribution in [3.63, 3.8) is 0 Å². The van der Waals surface area contributed by atoms with Gasteiger partial charge in [0.05, 0.1) is 11.2 Å². The Balaban J connectivity index is 1.69. The lowest BCUT2D eigenvalue weighted by molar-refractivity contribution is -0.116. The SMILES string of the molecule is Cc1ccc2cccc(NC(=O)CCNC3CC3)c2n1. The lowest BCUT2D eigenvalue weighted by Crippen LogP contribution is -2.23. The highest BCUT2D eigenvalue weighted by molar-refractivity contribution is 6.00. The van der Waals surface area contributed by atoms with Crippen molar-refractivity contribution in [1.82, 2.24) is 10.3 Å². The molecule has 104 valence electrons. The number of aromatic nitrogens is 1. The average Bonchev–Trinajstić information content (AvgIpc) is 3.24. The van der Waals surface area contributed by atoms with Gasteiger partial charge in [0.1, 0.15) is 0 Å². The van der Waals surface area contributed by atoms with Gasteiger partial charge in [-0.1, -0.05) is 18.2 Å². The van der Waals surface area contributed by atoms with Gasteiger partial charge in [0.15, 0.2) is 0 Å². The highest BCUT2D eigenvalue weighted by Crippen LogP contribution is 2.22. The maximum Gasteiger partial charge on any atom is 0.225 e. The molecule has 0 unspecified atom stereocenters. The number of para-hydroxylation sites is 1. The van der Waals surface area contributed by atoms with Crippen LogP contribution >= 0.6 is 0 Å². The number of rotatable bonds is 5. The van der Waals surface area contributed by atoms with Crippen LogP contribution in [-0.2, 0) is 4.79 Å². The third-order valence-electron chi connectivity index (χ3n) is 3.50. The second kappa shape index (κ2) is 5.59. The molecule has 0 spiro atoms. The van der Waals surface area contributed by atoms with Gasteiger partial charge in [-0.05, 0) is 31.9 Å². The molecule has 0 aliphatic heterocycles. The Morgan fingerprint density at radius 1 is 1.30 bits per heavy atom. The molecule has 2 aromatic rings. The van der Waals surface area contributed by atoms with Crippen LogP contribution in [0.4, 0.5) is 5.69 Å². The predicted molar refractivity (Wildman–Crippen MR) is 80.8 cm³/mol. The van der Waals surface area contributed by atoms with Crippen molar-refractivity contribution in [2.45, 2.75) is 32.2 Å². The average molecular weight is 269 g/mol. The quantitative estimate of drug-likeness (QED) is 0.877. The van der Waals surface area contributed by atoms with Gasteiger partial charge >= 0.3 is 0 Å². The number of hydrogen-bond acceptors (Lipinski definition) is 3. The summed E-state index contributed by atoms with van der Waals surface area (Å²) in [5.74, 6) is 0.0361. The van der Waals surface area contributed by atoms with Crippen LogP contribution in [0.1, 0.15) is 25.0 Å². The number of aryl methyl sites for hydroxylation is 1. The molecule has 0 bridgehead atoms. The third kappa shape index (κ3) is 3.14. The van der Waals surface area contributed by atoms with E-state index in [1.807, 2.05) is 37.3 Å². The molecular formula is C16H19N3O. The molecule has 1 aromatic carbocycles. The standard InChI is InChI=1S/C16H19N3O/c1-11-5-6-12-3-2-4-14(16(12)18-11)19-15(20)9-10-17-13-7-8-13/h2-6,13,17H,7-10H2,1H3,(H,19,20). The summed E-state index contributed by atoms with van der Waals surface area (Å²) in [7, 11) is 0. The molecule has 3 rings (SSSR count). The third-order valence-corrected chi connectivity index (χ3v) is 3.50. The van der Waals surface area contributed by atoms with Crippen LogP contribution in [0.25, 0.3) is 10.9 Å². The first-order chi connectivity index (χ1) is 9.72. The van der Waals surface area contributed by atoms with Crippen LogP contribution in [0, 0.1) is 6.92 Å². The molecule has 0 atom stereocenters. The largest absolute Gasteiger partial charge is 0.324 e. The van der Waals surface area contributed by atoms with Crippen molar-refractivity contribution in [2.75, 3.05) is 11.9 Å². The van der Waals surface area contributed by atoms with E-state index in [1.165, 1.54) is 12.8 Å². The van der Waals surface area contributed by atoms with Gasteiger partial charge in [-0.3, -0.25) is 9.78 Å². The Hall–Kier alpha value is -1.94. The first-order valence-corrected chi connectivity index (χ1v) is 7.12. The Morgan fingerprint density at radius 2 is 2.15 bits per heavy atom. The fraction of sp³-hybridized carbons (Fsp3) is 0.375. The minimum atomic E-state index is 0.0361. The van der Waals surface area contributed by atoms with E-state index >= 15 is 0 Å². The Labute approximate surface area is 118 Å². The van der Waals surface area contributed by atoms with E-state index in [1.54, 1.807) is 0 Å². The van der Waals surface area contributed by atoms with Crippen LogP contribution in [0.3, 0.4) is 0 Å². The van der Waals surface area contributed by atoms with E-state index in [-0.39, 0.29) is 5.91 Å². The van der Waals surface area contributed by atoms with E-state index in [9.17, 15) is 4.79 Å². The number of benzene rings is 1. The molecule has 1 fully saturated rings. The summed E-state index contributed by atoms with van der Waals surface area (Å²) in [6.07, 6.45) is 2.99. The smallest absolute Gasteiger partial charge is 0.225 e. The molecule has 20 heavy (non-hydrogen) atoms. The minimum absolute atomic E-state index is 0.0361. The number of nitrogens with one attached hydrogen (secondary N) is 2. The lowest BCUT2D eigenvalue weighted by Gasteiger charge is -2.09. The minimum Gasteiger partial charge on any atom is -0.324 e. The topological polar surface area (TPSA) is 54.0 Å². The second-order valence-corrected chi connectivity index (χ2v) is 5.36. The number of anilines is 1. The number of carbonyl (C=O) groups excluding carboxylic acids is 1. The second-order valence-electron chi connectivity index (χ2n) is 5.36. The first kappa shape index (κ1) is 13.1. The number of pyridine rings is 1. The van der Waals surface area contributed by atoms with Crippen LogP contribution in [0.5, 0.6) is 0 Å². The summed E-state index contributed by atoms with van der Waals surface area (Å²) in [6, 6.07) is 10.5. The Bertz CT molecular complexity index is 635. The number of carbonyl (C=O) groups is 1. The van der Waals surface area contributed by atoms with Crippen LogP contribution < -0.4 is 10.6 Å². The maximum absolute atomic E-state index is 12.0. The number of nitrogens with zero attached hydrogens (tertiary/aromatic N) is 1. The predicted octanol–water partition coefficient (Wildman–Crippen LogP) is 2.62. The van der Waals surface area contributed by atoms with E-state index in [2.05, 4.69) is 15.6 Å². The molecular weight excluding hydrogens is 250 g/mol. The van der Waals surface area contributed by atoms with E-state index in [4.69, 9.17) is 0 Å². The summed E-state index contributed by atoms with van der Waals surface area (Å²) >= 11 is 0. The molecule has 1 saturated carbocycles. The molecule has 1 aliphatic rings. The normalized spacial score (nSPS) is 14.4. The molecule has 1 aliphatic carbocycles. The number of hydrogen-bond donors (Lipinski definition) is 2. The summed E-state index contributed by atoms with van der Waals surface area (Å²) in [5.41, 5.74) is 2.60. The van der Waals surface area contributed by atoms with E-state index in [0.29, 0.717) is 12.5 Å². The van der Waals surface area contributed by atoms with Crippen molar-refractivity contribution < 1.29 is 4.79 Å². The highest BCUT2D eigenvalue weighted by Gasteiger charge is 2.20. The van der Waals surface area contributed by atoms with Crippen LogP contribution in [-0.4, -0.2) is 23.5 Å². The molecule has 2 N–H and O–H groups in total.